The standard InChI is InChI=1S/C10H12O4Se2/c1-3-13-8(11)5-9-15-6-7(16-9)10(12)14-4-2/h5-6H,3-4H2,1-2H3/b9-5-. The fourth-order valence-corrected chi connectivity index (χ4v) is 6.28. The van der Waals surface area contributed by atoms with Crippen LogP contribution in [0.1, 0.15) is 13.8 Å². The number of carbonyl (C=O) groups is 2. The SMILES string of the molecule is CCOC(=O)/C=C1/[Se]C=C(C(=O)OCC)[Se]1. The molecule has 0 radical (unpaired) electrons. The Morgan fingerprint density at radius 2 is 2.00 bits per heavy atom. The van der Waals surface area contributed by atoms with E-state index in [0.29, 0.717) is 17.7 Å². The van der Waals surface area contributed by atoms with Gasteiger partial charge in [0.05, 0.1) is 0 Å². The number of hydrogen-bond donors (Lipinski definition) is 0. The average molecular weight is 354 g/mol. The molecule has 0 bridgehead atoms. The molecule has 0 N–H and O–H groups in total. The van der Waals surface area contributed by atoms with Gasteiger partial charge in [0.2, 0.25) is 0 Å². The Hall–Kier alpha value is -0.541. The average Bonchev–Trinajstić information content (AvgIpc) is 2.67. The van der Waals surface area contributed by atoms with Gasteiger partial charge in [-0.1, -0.05) is 0 Å². The number of carbonyl (C=O) groups excluding carboxylic acids is 2. The zero-order valence-corrected chi connectivity index (χ0v) is 12.4. The van der Waals surface area contributed by atoms with Crippen molar-refractivity contribution < 1.29 is 19.1 Å². The van der Waals surface area contributed by atoms with E-state index in [1.54, 1.807) is 13.8 Å². The van der Waals surface area contributed by atoms with E-state index in [9.17, 15) is 9.59 Å². The van der Waals surface area contributed by atoms with Crippen LogP contribution in [0.15, 0.2) is 18.9 Å². The molecule has 0 unspecified atom stereocenters. The van der Waals surface area contributed by atoms with Crippen molar-refractivity contribution in [3.8, 4) is 0 Å². The zero-order chi connectivity index (χ0) is 12.0. The third-order valence-electron chi connectivity index (χ3n) is 1.49. The first kappa shape index (κ1) is 13.5. The van der Waals surface area contributed by atoms with Crippen LogP contribution in [0.3, 0.4) is 0 Å². The Morgan fingerprint density at radius 1 is 1.31 bits per heavy atom. The summed E-state index contributed by atoms with van der Waals surface area (Å²) < 4.78 is 11.4. The summed E-state index contributed by atoms with van der Waals surface area (Å²) >= 11 is 0.0217. The second kappa shape index (κ2) is 6.92. The van der Waals surface area contributed by atoms with Crippen LogP contribution in [0.25, 0.3) is 0 Å². The van der Waals surface area contributed by atoms with Crippen molar-refractivity contribution in [2.24, 2.45) is 0 Å². The van der Waals surface area contributed by atoms with Crippen LogP contribution >= 0.6 is 0 Å². The van der Waals surface area contributed by atoms with E-state index in [2.05, 4.69) is 0 Å². The molecule has 88 valence electrons. The fourth-order valence-electron chi connectivity index (χ4n) is 0.904. The van der Waals surface area contributed by atoms with Crippen LogP contribution in [-0.2, 0) is 19.1 Å². The number of esters is 2. The first-order valence-electron chi connectivity index (χ1n) is 4.77. The third-order valence-corrected chi connectivity index (χ3v) is 7.41. The molecule has 1 aliphatic rings. The van der Waals surface area contributed by atoms with Crippen LogP contribution in [0, 0.1) is 0 Å². The molecule has 1 heterocycles. The molecule has 16 heavy (non-hydrogen) atoms. The van der Waals surface area contributed by atoms with Crippen LogP contribution in [0.4, 0.5) is 0 Å². The summed E-state index contributed by atoms with van der Waals surface area (Å²) in [4.78, 5) is 24.5. The maximum atomic E-state index is 11.4. The van der Waals surface area contributed by atoms with E-state index in [0.717, 1.165) is 3.37 Å². The van der Waals surface area contributed by atoms with Crippen molar-refractivity contribution in [2.45, 2.75) is 13.8 Å². The molecule has 0 saturated carbocycles. The van der Waals surface area contributed by atoms with E-state index in [1.807, 2.05) is 4.97 Å². The molecular weight excluding hydrogens is 342 g/mol. The summed E-state index contributed by atoms with van der Waals surface area (Å²) in [5, 5.41) is 0. The van der Waals surface area contributed by atoms with Gasteiger partial charge in [-0.05, 0) is 0 Å². The van der Waals surface area contributed by atoms with E-state index in [-0.39, 0.29) is 41.9 Å². The molecule has 0 saturated heterocycles. The number of ether oxygens (including phenoxy) is 2. The second-order valence-corrected chi connectivity index (χ2v) is 8.13. The van der Waals surface area contributed by atoms with Gasteiger partial charge >= 0.3 is 107 Å². The Labute approximate surface area is 107 Å². The number of rotatable bonds is 4. The summed E-state index contributed by atoms with van der Waals surface area (Å²) in [5.74, 6) is -0.573. The van der Waals surface area contributed by atoms with Gasteiger partial charge in [0, 0.05) is 0 Å². The Bertz CT molecular complexity index is 347. The topological polar surface area (TPSA) is 52.6 Å². The number of hydrogen-bond acceptors (Lipinski definition) is 4. The van der Waals surface area contributed by atoms with Gasteiger partial charge in [-0.15, -0.1) is 0 Å². The van der Waals surface area contributed by atoms with Gasteiger partial charge in [-0.3, -0.25) is 0 Å². The van der Waals surface area contributed by atoms with Crippen molar-refractivity contribution in [3.63, 3.8) is 0 Å². The molecule has 0 aromatic carbocycles. The molecule has 6 heteroatoms. The monoisotopic (exact) mass is 356 g/mol. The molecule has 1 rings (SSSR count). The minimum absolute atomic E-state index is 0.0704. The van der Waals surface area contributed by atoms with Crippen molar-refractivity contribution in [3.05, 3.63) is 18.9 Å². The predicted octanol–water partition coefficient (Wildman–Crippen LogP) is 0.217. The van der Waals surface area contributed by atoms with Gasteiger partial charge < -0.3 is 0 Å². The third kappa shape index (κ3) is 4.14. The summed E-state index contributed by atoms with van der Waals surface area (Å²) in [7, 11) is 0. The van der Waals surface area contributed by atoms with Gasteiger partial charge in [-0.25, -0.2) is 0 Å². The maximum absolute atomic E-state index is 11.4. The van der Waals surface area contributed by atoms with Crippen molar-refractivity contribution >= 4 is 41.9 Å². The van der Waals surface area contributed by atoms with E-state index < -0.39 is 0 Å². The predicted molar refractivity (Wildman–Crippen MR) is 60.9 cm³/mol. The van der Waals surface area contributed by atoms with Crippen molar-refractivity contribution in [1.29, 1.82) is 0 Å². The van der Waals surface area contributed by atoms with Gasteiger partial charge in [0.25, 0.3) is 0 Å². The summed E-state index contributed by atoms with van der Waals surface area (Å²) in [5.41, 5.74) is 0. The molecule has 1 aliphatic heterocycles. The molecule has 0 aromatic heterocycles. The second-order valence-electron chi connectivity index (χ2n) is 2.64. The van der Waals surface area contributed by atoms with Gasteiger partial charge in [0.15, 0.2) is 0 Å². The molecule has 0 amide bonds. The van der Waals surface area contributed by atoms with Crippen LogP contribution in [-0.4, -0.2) is 55.1 Å². The van der Waals surface area contributed by atoms with Crippen LogP contribution in [0.2, 0.25) is 0 Å². The molecule has 0 atom stereocenters. The molecule has 0 fully saturated rings. The van der Waals surface area contributed by atoms with E-state index in [4.69, 9.17) is 9.47 Å². The summed E-state index contributed by atoms with van der Waals surface area (Å²) in [6.07, 6.45) is 1.51. The summed E-state index contributed by atoms with van der Waals surface area (Å²) in [6, 6.07) is 0. The Morgan fingerprint density at radius 3 is 2.62 bits per heavy atom. The fraction of sp³-hybridized carbons (Fsp3) is 0.400. The Kier molecular flexibility index (Phi) is 5.85. The molecule has 0 aromatic rings. The van der Waals surface area contributed by atoms with Gasteiger partial charge in [-0.2, -0.15) is 0 Å². The quantitative estimate of drug-likeness (QED) is 0.412. The Balaban J connectivity index is 2.50. The first-order chi connectivity index (χ1) is 7.67. The molecular formula is C10H12O4Se2. The molecule has 0 aliphatic carbocycles. The normalized spacial score (nSPS) is 17.1. The molecule has 4 nitrogen and oxygen atoms in total. The summed E-state index contributed by atoms with van der Waals surface area (Å²) in [6.45, 7) is 4.31. The van der Waals surface area contributed by atoms with Crippen molar-refractivity contribution in [2.75, 3.05) is 13.2 Å². The zero-order valence-electron chi connectivity index (χ0n) is 9.02. The molecule has 0 spiro atoms. The van der Waals surface area contributed by atoms with E-state index in [1.165, 1.54) is 6.08 Å². The first-order valence-corrected chi connectivity index (χ1v) is 8.33. The van der Waals surface area contributed by atoms with Crippen LogP contribution in [0.5, 0.6) is 0 Å². The van der Waals surface area contributed by atoms with Gasteiger partial charge in [0.1, 0.15) is 0 Å². The van der Waals surface area contributed by atoms with Crippen molar-refractivity contribution in [1.82, 2.24) is 0 Å². The van der Waals surface area contributed by atoms with E-state index >= 15 is 0 Å². The van der Waals surface area contributed by atoms with Crippen LogP contribution < -0.4 is 0 Å². The minimum atomic E-state index is -0.320.